The van der Waals surface area contributed by atoms with E-state index in [1.165, 1.54) is 11.3 Å². The predicted molar refractivity (Wildman–Crippen MR) is 65.9 cm³/mol. The highest BCUT2D eigenvalue weighted by molar-refractivity contribution is 7.09. The molecule has 2 amide bonds. The number of amides is 2. The van der Waals surface area contributed by atoms with E-state index in [-0.39, 0.29) is 18.4 Å². The molecule has 17 heavy (non-hydrogen) atoms. The van der Waals surface area contributed by atoms with Crippen LogP contribution in [0.15, 0.2) is 5.38 Å². The Labute approximate surface area is 104 Å². The smallest absolute Gasteiger partial charge is 0.271 e. The zero-order chi connectivity index (χ0) is 12.7. The molecule has 0 unspecified atom stereocenters. The van der Waals surface area contributed by atoms with Gasteiger partial charge < -0.3 is 16.4 Å². The molecular formula is C10H16N4O2S. The van der Waals surface area contributed by atoms with Gasteiger partial charge in [-0.1, -0.05) is 0 Å². The van der Waals surface area contributed by atoms with Gasteiger partial charge in [0.25, 0.3) is 5.91 Å². The Morgan fingerprint density at radius 3 is 2.88 bits per heavy atom. The molecule has 0 fully saturated rings. The van der Waals surface area contributed by atoms with Crippen molar-refractivity contribution < 1.29 is 9.59 Å². The van der Waals surface area contributed by atoms with Crippen LogP contribution in [-0.4, -0.2) is 36.4 Å². The number of hydrogen-bond donors (Lipinski definition) is 3. The molecule has 0 radical (unpaired) electrons. The van der Waals surface area contributed by atoms with E-state index in [1.54, 1.807) is 5.38 Å². The molecule has 0 saturated carbocycles. The number of thiazole rings is 1. The van der Waals surface area contributed by atoms with Crippen molar-refractivity contribution in [3.05, 3.63) is 16.1 Å². The van der Waals surface area contributed by atoms with Crippen LogP contribution in [0.5, 0.6) is 0 Å². The van der Waals surface area contributed by atoms with Crippen LogP contribution in [0, 0.1) is 0 Å². The van der Waals surface area contributed by atoms with Crippen molar-refractivity contribution >= 4 is 23.2 Å². The van der Waals surface area contributed by atoms with E-state index in [9.17, 15) is 9.59 Å². The molecule has 0 bridgehead atoms. The summed E-state index contributed by atoms with van der Waals surface area (Å²) in [5.74, 6) is -0.547. The van der Waals surface area contributed by atoms with Crippen LogP contribution in [0.4, 0.5) is 0 Å². The van der Waals surface area contributed by atoms with Gasteiger partial charge in [-0.05, 0) is 13.5 Å². The van der Waals surface area contributed by atoms with Crippen LogP contribution in [0.2, 0.25) is 0 Å². The largest absolute Gasteiger partial charge is 0.355 e. The molecule has 0 spiro atoms. The molecule has 1 rings (SSSR count). The Morgan fingerprint density at radius 2 is 2.24 bits per heavy atom. The lowest BCUT2D eigenvalue weighted by atomic mass is 10.4. The fourth-order valence-electron chi connectivity index (χ4n) is 1.16. The predicted octanol–water partition coefficient (Wildman–Crippen LogP) is -0.490. The molecule has 94 valence electrons. The monoisotopic (exact) mass is 256 g/mol. The first-order valence-corrected chi connectivity index (χ1v) is 6.24. The van der Waals surface area contributed by atoms with Crippen LogP contribution in [0.25, 0.3) is 0 Å². The number of hydrogen-bond acceptors (Lipinski definition) is 5. The lowest BCUT2D eigenvalue weighted by Gasteiger charge is -2.03. The van der Waals surface area contributed by atoms with Crippen molar-refractivity contribution in [3.8, 4) is 0 Å². The molecule has 4 N–H and O–H groups in total. The summed E-state index contributed by atoms with van der Waals surface area (Å²) >= 11 is 1.39. The summed E-state index contributed by atoms with van der Waals surface area (Å²) in [7, 11) is 0. The Bertz CT molecular complexity index is 391. The Hall–Kier alpha value is -1.47. The highest BCUT2D eigenvalue weighted by Crippen LogP contribution is 2.09. The number of nitrogens with zero attached hydrogens (tertiary/aromatic N) is 1. The lowest BCUT2D eigenvalue weighted by Crippen LogP contribution is -2.36. The van der Waals surface area contributed by atoms with Crippen molar-refractivity contribution in [2.75, 3.05) is 19.6 Å². The molecule has 0 aliphatic heterocycles. The fourth-order valence-corrected chi connectivity index (χ4v) is 1.96. The number of aromatic nitrogens is 1. The second kappa shape index (κ2) is 6.97. The van der Waals surface area contributed by atoms with Crippen molar-refractivity contribution in [2.45, 2.75) is 13.3 Å². The maximum Gasteiger partial charge on any atom is 0.271 e. The third-order valence-electron chi connectivity index (χ3n) is 1.93. The van der Waals surface area contributed by atoms with Gasteiger partial charge in [0.1, 0.15) is 5.69 Å². The number of carbonyl (C=O) groups is 2. The average molecular weight is 256 g/mol. The van der Waals surface area contributed by atoms with E-state index < -0.39 is 0 Å². The number of likely N-dealkylation sites (N-methyl/N-ethyl adjacent to an activating group) is 1. The standard InChI is InChI=1S/C10H16N4O2S/c1-2-12-8(15)5-13-10(16)7-6-17-9(14-7)3-4-11/h6H,2-5,11H2,1H3,(H,12,15)(H,13,16). The third kappa shape index (κ3) is 4.49. The van der Waals surface area contributed by atoms with Gasteiger partial charge in [0.15, 0.2) is 0 Å². The van der Waals surface area contributed by atoms with Crippen LogP contribution in [0.3, 0.4) is 0 Å². The molecule has 7 heteroatoms. The van der Waals surface area contributed by atoms with Gasteiger partial charge in [0.05, 0.1) is 11.6 Å². The SMILES string of the molecule is CCNC(=O)CNC(=O)c1csc(CCN)n1. The van der Waals surface area contributed by atoms with Crippen molar-refractivity contribution in [1.29, 1.82) is 0 Å². The van der Waals surface area contributed by atoms with Crippen LogP contribution in [-0.2, 0) is 11.2 Å². The second-order valence-electron chi connectivity index (χ2n) is 3.30. The van der Waals surface area contributed by atoms with Gasteiger partial charge in [-0.25, -0.2) is 4.98 Å². The molecule has 0 aliphatic carbocycles. The van der Waals surface area contributed by atoms with Crippen molar-refractivity contribution in [3.63, 3.8) is 0 Å². The Morgan fingerprint density at radius 1 is 1.47 bits per heavy atom. The number of rotatable bonds is 6. The first-order chi connectivity index (χ1) is 8.17. The quantitative estimate of drug-likeness (QED) is 0.640. The summed E-state index contributed by atoms with van der Waals surface area (Å²) in [6.07, 6.45) is 0.661. The summed E-state index contributed by atoms with van der Waals surface area (Å²) in [5.41, 5.74) is 5.73. The molecular weight excluding hydrogens is 240 g/mol. The Kier molecular flexibility index (Phi) is 5.58. The fraction of sp³-hybridized carbons (Fsp3) is 0.500. The summed E-state index contributed by atoms with van der Waals surface area (Å²) in [5, 5.41) is 7.58. The highest BCUT2D eigenvalue weighted by Gasteiger charge is 2.11. The lowest BCUT2D eigenvalue weighted by molar-refractivity contribution is -0.120. The maximum atomic E-state index is 11.6. The Balaban J connectivity index is 2.43. The van der Waals surface area contributed by atoms with Crippen molar-refractivity contribution in [2.24, 2.45) is 5.73 Å². The number of carbonyl (C=O) groups excluding carboxylic acids is 2. The topological polar surface area (TPSA) is 97.1 Å². The molecule has 1 heterocycles. The molecule has 1 aromatic heterocycles. The van der Waals surface area contributed by atoms with Gasteiger partial charge in [-0.15, -0.1) is 11.3 Å². The normalized spacial score (nSPS) is 10.0. The van der Waals surface area contributed by atoms with Gasteiger partial charge in [-0.2, -0.15) is 0 Å². The van der Waals surface area contributed by atoms with E-state index >= 15 is 0 Å². The van der Waals surface area contributed by atoms with E-state index in [0.717, 1.165) is 5.01 Å². The molecule has 1 aromatic rings. The number of nitrogens with two attached hydrogens (primary N) is 1. The first-order valence-electron chi connectivity index (χ1n) is 5.36. The maximum absolute atomic E-state index is 11.6. The summed E-state index contributed by atoms with van der Waals surface area (Å²) < 4.78 is 0. The molecule has 0 atom stereocenters. The van der Waals surface area contributed by atoms with Gasteiger partial charge in [-0.3, -0.25) is 9.59 Å². The van der Waals surface area contributed by atoms with Gasteiger partial charge in [0.2, 0.25) is 5.91 Å². The van der Waals surface area contributed by atoms with E-state index in [2.05, 4.69) is 15.6 Å². The molecule has 0 saturated heterocycles. The molecule has 0 aromatic carbocycles. The summed E-state index contributed by atoms with van der Waals surface area (Å²) in [4.78, 5) is 26.8. The highest BCUT2D eigenvalue weighted by atomic mass is 32.1. The van der Waals surface area contributed by atoms with E-state index in [4.69, 9.17) is 5.73 Å². The zero-order valence-corrected chi connectivity index (χ0v) is 10.5. The average Bonchev–Trinajstić information content (AvgIpc) is 2.75. The zero-order valence-electron chi connectivity index (χ0n) is 9.66. The minimum absolute atomic E-state index is 0.0313. The molecule has 6 nitrogen and oxygen atoms in total. The van der Waals surface area contributed by atoms with E-state index in [0.29, 0.717) is 25.2 Å². The first kappa shape index (κ1) is 13.6. The van der Waals surface area contributed by atoms with Crippen LogP contribution >= 0.6 is 11.3 Å². The third-order valence-corrected chi connectivity index (χ3v) is 2.83. The number of nitrogens with one attached hydrogen (secondary N) is 2. The van der Waals surface area contributed by atoms with E-state index in [1.807, 2.05) is 6.92 Å². The van der Waals surface area contributed by atoms with Gasteiger partial charge in [0, 0.05) is 18.3 Å². The minimum Gasteiger partial charge on any atom is -0.355 e. The summed E-state index contributed by atoms with van der Waals surface area (Å²) in [6.45, 7) is 2.84. The van der Waals surface area contributed by atoms with Crippen LogP contribution < -0.4 is 16.4 Å². The second-order valence-corrected chi connectivity index (χ2v) is 4.24. The minimum atomic E-state index is -0.337. The van der Waals surface area contributed by atoms with Gasteiger partial charge >= 0.3 is 0 Å². The molecule has 0 aliphatic rings. The van der Waals surface area contributed by atoms with Crippen LogP contribution in [0.1, 0.15) is 22.4 Å². The summed E-state index contributed by atoms with van der Waals surface area (Å²) in [6, 6.07) is 0. The van der Waals surface area contributed by atoms with Crippen molar-refractivity contribution in [1.82, 2.24) is 15.6 Å².